The van der Waals surface area contributed by atoms with E-state index in [1.807, 2.05) is 0 Å². The number of H-pyrrole nitrogens is 1. The Balaban J connectivity index is 0.000000461. The number of anilines is 1. The number of nitrogens with two attached hydrogens (primary N) is 2. The van der Waals surface area contributed by atoms with Gasteiger partial charge in [0.15, 0.2) is 11.2 Å². The molecule has 0 fully saturated rings. The molecule has 0 aliphatic heterocycles. The van der Waals surface area contributed by atoms with E-state index >= 15 is 0 Å². The van der Waals surface area contributed by atoms with E-state index in [1.165, 1.54) is 12.4 Å². The van der Waals surface area contributed by atoms with E-state index in [2.05, 4.69) is 25.8 Å². The van der Waals surface area contributed by atoms with Crippen LogP contribution in [0.2, 0.25) is 0 Å². The van der Waals surface area contributed by atoms with Crippen LogP contribution < -0.4 is 17.2 Å². The molecule has 2 aromatic rings. The first kappa shape index (κ1) is 10.0. The fraction of sp³-hybridized carbons (Fsp3) is 0. The van der Waals surface area contributed by atoms with E-state index in [4.69, 9.17) is 10.9 Å². The number of nitrogens with zero attached hydrogens (tertiary/aromatic N) is 3. The van der Waals surface area contributed by atoms with Gasteiger partial charge in [0.1, 0.15) is 0 Å². The molecule has 14 heavy (non-hydrogen) atoms. The molecule has 2 aromatic heterocycles. The van der Waals surface area contributed by atoms with Crippen molar-refractivity contribution in [1.29, 1.82) is 0 Å². The molecular weight excluding hydrogens is 188 g/mol. The topological polar surface area (TPSA) is 144 Å². The van der Waals surface area contributed by atoms with Crippen molar-refractivity contribution < 1.29 is 5.21 Å². The van der Waals surface area contributed by atoms with Crippen LogP contribution in [0.1, 0.15) is 0 Å². The molecule has 0 aliphatic carbocycles. The highest BCUT2D eigenvalue weighted by molar-refractivity contribution is 5.68. The summed E-state index contributed by atoms with van der Waals surface area (Å²) in [5, 5.41) is 6.50. The Morgan fingerprint density at radius 2 is 1.93 bits per heavy atom. The molecule has 2 rings (SSSR count). The van der Waals surface area contributed by atoms with Crippen molar-refractivity contribution >= 4 is 17.1 Å². The largest absolute Gasteiger partial charge is 0.369 e. The van der Waals surface area contributed by atoms with Crippen LogP contribution >= 0.6 is 0 Å². The molecule has 8 nitrogen and oxygen atoms in total. The molecule has 8 heteroatoms. The van der Waals surface area contributed by atoms with Crippen molar-refractivity contribution in [3.8, 4) is 0 Å². The van der Waals surface area contributed by atoms with Crippen LogP contribution in [0.5, 0.6) is 0 Å². The van der Waals surface area contributed by atoms with Crippen molar-refractivity contribution in [2.45, 2.75) is 0 Å². The van der Waals surface area contributed by atoms with E-state index in [-0.39, 0.29) is 22.7 Å². The number of nitrogens with one attached hydrogen (secondary N) is 1. The summed E-state index contributed by atoms with van der Waals surface area (Å²) in [4.78, 5) is 24.9. The maximum absolute atomic E-state index is 11.1. The second-order valence-corrected chi connectivity index (χ2v) is 2.18. The molecule has 0 spiro atoms. The van der Waals surface area contributed by atoms with Gasteiger partial charge in [-0.05, 0) is 0 Å². The van der Waals surface area contributed by atoms with E-state index in [0.29, 0.717) is 0 Å². The fourth-order valence-corrected chi connectivity index (χ4v) is 0.890. The minimum absolute atomic E-state index is 0.0491. The van der Waals surface area contributed by atoms with E-state index in [9.17, 15) is 4.79 Å². The van der Waals surface area contributed by atoms with Gasteiger partial charge >= 0.3 is 0 Å². The molecule has 0 aromatic carbocycles. The molecule has 0 saturated heterocycles. The maximum atomic E-state index is 11.1. The van der Waals surface area contributed by atoms with E-state index < -0.39 is 0 Å². The summed E-state index contributed by atoms with van der Waals surface area (Å²) in [6.07, 6.45) is 2.88. The Kier molecular flexibility index (Phi) is 3.05. The lowest BCUT2D eigenvalue weighted by Crippen LogP contribution is -2.12. The van der Waals surface area contributed by atoms with Gasteiger partial charge < -0.3 is 10.9 Å². The second kappa shape index (κ2) is 4.25. The first-order valence-electron chi connectivity index (χ1n) is 3.50. The zero-order chi connectivity index (χ0) is 10.6. The summed E-state index contributed by atoms with van der Waals surface area (Å²) in [5.74, 6) is 3.55. The first-order valence-corrected chi connectivity index (χ1v) is 3.50. The summed E-state index contributed by atoms with van der Waals surface area (Å²) in [6, 6.07) is 0. The van der Waals surface area contributed by atoms with E-state index in [0.717, 1.165) is 0 Å². The minimum atomic E-state index is -0.370. The van der Waals surface area contributed by atoms with Gasteiger partial charge in [-0.2, -0.15) is 4.98 Å². The zero-order valence-corrected chi connectivity index (χ0v) is 7.01. The van der Waals surface area contributed by atoms with Crippen molar-refractivity contribution in [3.63, 3.8) is 0 Å². The van der Waals surface area contributed by atoms with Crippen molar-refractivity contribution in [3.05, 3.63) is 22.7 Å². The van der Waals surface area contributed by atoms with Crippen LogP contribution in [-0.4, -0.2) is 25.1 Å². The fourth-order valence-electron chi connectivity index (χ4n) is 0.890. The Labute approximate surface area is 77.6 Å². The van der Waals surface area contributed by atoms with Crippen LogP contribution in [0.15, 0.2) is 17.2 Å². The number of rotatable bonds is 0. The molecule has 0 radical (unpaired) electrons. The third-order valence-corrected chi connectivity index (χ3v) is 1.36. The number of aromatic nitrogens is 4. The SMILES string of the molecule is NO.Nc1nc2nccnc2c(=O)[nH]1. The van der Waals surface area contributed by atoms with Crippen LogP contribution in [0.4, 0.5) is 5.95 Å². The lowest BCUT2D eigenvalue weighted by atomic mass is 10.5. The molecule has 0 bridgehead atoms. The maximum Gasteiger partial charge on any atom is 0.280 e. The van der Waals surface area contributed by atoms with Crippen LogP contribution in [0.25, 0.3) is 11.2 Å². The molecule has 0 saturated carbocycles. The smallest absolute Gasteiger partial charge is 0.280 e. The molecular formula is C6H8N6O2. The number of hydrogen-bond donors (Lipinski definition) is 4. The summed E-state index contributed by atoms with van der Waals surface area (Å²) >= 11 is 0. The second-order valence-electron chi connectivity index (χ2n) is 2.18. The Morgan fingerprint density at radius 1 is 1.29 bits per heavy atom. The monoisotopic (exact) mass is 196 g/mol. The molecule has 0 unspecified atom stereocenters. The Morgan fingerprint density at radius 3 is 2.64 bits per heavy atom. The summed E-state index contributed by atoms with van der Waals surface area (Å²) in [7, 11) is 0. The van der Waals surface area contributed by atoms with Gasteiger partial charge in [0.2, 0.25) is 5.95 Å². The standard InChI is InChI=1S/C6H5N5O.H3NO/c7-6-10-4-3(5(12)11-6)8-1-2-9-4;1-2/h1-2H,(H3,7,9,10,11,12);2H,1H2. The molecule has 74 valence electrons. The van der Waals surface area contributed by atoms with Gasteiger partial charge in [0.25, 0.3) is 5.56 Å². The predicted molar refractivity (Wildman–Crippen MR) is 48.3 cm³/mol. The zero-order valence-electron chi connectivity index (χ0n) is 7.01. The summed E-state index contributed by atoms with van der Waals surface area (Å²) < 4.78 is 0. The average Bonchev–Trinajstić information content (AvgIpc) is 2.20. The Bertz CT molecular complexity index is 481. The van der Waals surface area contributed by atoms with Gasteiger partial charge in [-0.25, -0.2) is 15.9 Å². The number of nitrogen functional groups attached to an aromatic ring is 1. The van der Waals surface area contributed by atoms with Crippen LogP contribution in [0, 0.1) is 0 Å². The highest BCUT2D eigenvalue weighted by Gasteiger charge is 2.01. The quantitative estimate of drug-likeness (QED) is 0.380. The molecule has 0 amide bonds. The van der Waals surface area contributed by atoms with Gasteiger partial charge in [0, 0.05) is 12.4 Å². The molecule has 0 atom stereocenters. The third kappa shape index (κ3) is 1.81. The third-order valence-electron chi connectivity index (χ3n) is 1.36. The van der Waals surface area contributed by atoms with Gasteiger partial charge in [-0.3, -0.25) is 9.78 Å². The van der Waals surface area contributed by atoms with Crippen LogP contribution in [-0.2, 0) is 0 Å². The summed E-state index contributed by atoms with van der Waals surface area (Å²) in [5.41, 5.74) is 5.38. The lowest BCUT2D eigenvalue weighted by Gasteiger charge is -1.94. The van der Waals surface area contributed by atoms with Gasteiger partial charge in [-0.1, -0.05) is 0 Å². The average molecular weight is 196 g/mol. The highest BCUT2D eigenvalue weighted by atomic mass is 16.4. The summed E-state index contributed by atoms with van der Waals surface area (Å²) in [6.45, 7) is 0. The van der Waals surface area contributed by atoms with Crippen molar-refractivity contribution in [2.24, 2.45) is 5.90 Å². The minimum Gasteiger partial charge on any atom is -0.369 e. The highest BCUT2D eigenvalue weighted by Crippen LogP contribution is 1.97. The predicted octanol–water partition coefficient (Wildman–Crippen LogP) is -1.37. The molecule has 6 N–H and O–H groups in total. The van der Waals surface area contributed by atoms with Gasteiger partial charge in [-0.15, -0.1) is 0 Å². The Hall–Kier alpha value is -2.06. The molecule has 0 aliphatic rings. The molecule has 2 heterocycles. The van der Waals surface area contributed by atoms with Crippen molar-refractivity contribution in [1.82, 2.24) is 19.9 Å². The lowest BCUT2D eigenvalue weighted by molar-refractivity contribution is 0.311. The van der Waals surface area contributed by atoms with Gasteiger partial charge in [0.05, 0.1) is 0 Å². The first-order chi connectivity index (χ1) is 6.77. The van der Waals surface area contributed by atoms with E-state index in [1.54, 1.807) is 0 Å². The normalized spacial score (nSPS) is 9.29. The number of fused-ring (bicyclic) bond motifs is 1. The number of hydrogen-bond acceptors (Lipinski definition) is 7. The number of aromatic amines is 1. The van der Waals surface area contributed by atoms with Crippen LogP contribution in [0.3, 0.4) is 0 Å². The van der Waals surface area contributed by atoms with Crippen molar-refractivity contribution in [2.75, 3.05) is 5.73 Å².